The van der Waals surface area contributed by atoms with E-state index in [9.17, 15) is 9.90 Å². The molecule has 0 bridgehead atoms. The monoisotopic (exact) mass is 288 g/mol. The smallest absolute Gasteiger partial charge is 0.227 e. The first kappa shape index (κ1) is 14.4. The fourth-order valence-electron chi connectivity index (χ4n) is 3.12. The highest BCUT2D eigenvalue weighted by molar-refractivity contribution is 5.97. The number of anilines is 2. The second-order valence-corrected chi connectivity index (χ2v) is 6.44. The lowest BCUT2D eigenvalue weighted by Gasteiger charge is -2.34. The molecule has 3 rings (SSSR count). The van der Waals surface area contributed by atoms with E-state index in [0.717, 1.165) is 43.7 Å². The number of piperidine rings is 1. The van der Waals surface area contributed by atoms with Crippen molar-refractivity contribution in [1.82, 2.24) is 0 Å². The first-order chi connectivity index (χ1) is 10.2. The van der Waals surface area contributed by atoms with Gasteiger partial charge >= 0.3 is 0 Å². The Labute approximate surface area is 126 Å². The van der Waals surface area contributed by atoms with Crippen LogP contribution in [0.25, 0.3) is 0 Å². The maximum absolute atomic E-state index is 12.2. The van der Waals surface area contributed by atoms with Gasteiger partial charge in [0.25, 0.3) is 0 Å². The predicted molar refractivity (Wildman–Crippen MR) is 84.4 cm³/mol. The molecule has 1 saturated heterocycles. The number of carbonyl (C=O) groups excluding carboxylic acids is 1. The van der Waals surface area contributed by atoms with E-state index in [-0.39, 0.29) is 18.4 Å². The van der Waals surface area contributed by atoms with Crippen LogP contribution >= 0.6 is 0 Å². The van der Waals surface area contributed by atoms with E-state index in [1.165, 1.54) is 0 Å². The molecule has 0 spiro atoms. The van der Waals surface area contributed by atoms with Crippen LogP contribution < -0.4 is 10.2 Å². The van der Waals surface area contributed by atoms with E-state index in [4.69, 9.17) is 0 Å². The second kappa shape index (κ2) is 6.06. The number of benzene rings is 1. The van der Waals surface area contributed by atoms with Crippen molar-refractivity contribution in [3.05, 3.63) is 24.3 Å². The summed E-state index contributed by atoms with van der Waals surface area (Å²) in [6, 6.07) is 8.04. The zero-order chi connectivity index (χ0) is 14.8. The summed E-state index contributed by atoms with van der Waals surface area (Å²) in [6.45, 7) is 4.29. The Morgan fingerprint density at radius 2 is 2.00 bits per heavy atom. The molecule has 1 amide bonds. The van der Waals surface area contributed by atoms with Crippen molar-refractivity contribution in [2.45, 2.75) is 26.2 Å². The predicted octanol–water partition coefficient (Wildman–Crippen LogP) is 2.49. The quantitative estimate of drug-likeness (QED) is 0.895. The average molecular weight is 288 g/mol. The molecule has 1 saturated carbocycles. The van der Waals surface area contributed by atoms with Crippen molar-refractivity contribution in [3.8, 4) is 0 Å². The van der Waals surface area contributed by atoms with Gasteiger partial charge in [-0.05, 0) is 43.2 Å². The third-order valence-electron chi connectivity index (χ3n) is 4.82. The minimum absolute atomic E-state index is 0.153. The number of nitrogens with zero attached hydrogens (tertiary/aromatic N) is 1. The Morgan fingerprint density at radius 3 is 2.62 bits per heavy atom. The molecular formula is C17H24N2O2. The van der Waals surface area contributed by atoms with E-state index in [0.29, 0.717) is 11.8 Å². The standard InChI is InChI=1S/C17H24N2O2/c1-12-10-14(12)17(21)18-15-4-2-3-5-16(15)19-8-6-13(11-20)7-9-19/h2-5,12-14,20H,6-11H2,1H3,(H,18,21). The lowest BCUT2D eigenvalue weighted by molar-refractivity contribution is -0.117. The van der Waals surface area contributed by atoms with Crippen LogP contribution in [0.5, 0.6) is 0 Å². The number of rotatable bonds is 4. The van der Waals surface area contributed by atoms with Crippen molar-refractivity contribution in [2.24, 2.45) is 17.8 Å². The molecule has 2 aliphatic rings. The molecule has 0 aromatic heterocycles. The Kier molecular flexibility index (Phi) is 4.15. The summed E-state index contributed by atoms with van der Waals surface area (Å²) >= 11 is 0. The maximum atomic E-state index is 12.2. The summed E-state index contributed by atoms with van der Waals surface area (Å²) in [7, 11) is 0. The van der Waals surface area contributed by atoms with Crippen LogP contribution in [0.15, 0.2) is 24.3 Å². The summed E-state index contributed by atoms with van der Waals surface area (Å²) in [5, 5.41) is 12.3. The molecule has 2 fully saturated rings. The molecule has 2 atom stereocenters. The van der Waals surface area contributed by atoms with Crippen LogP contribution in [0.4, 0.5) is 11.4 Å². The molecule has 1 aliphatic heterocycles. The molecule has 2 N–H and O–H groups in total. The molecule has 4 heteroatoms. The first-order valence-corrected chi connectivity index (χ1v) is 7.94. The fourth-order valence-corrected chi connectivity index (χ4v) is 3.12. The van der Waals surface area contributed by atoms with Gasteiger partial charge in [-0.2, -0.15) is 0 Å². The first-order valence-electron chi connectivity index (χ1n) is 7.94. The van der Waals surface area contributed by atoms with E-state index >= 15 is 0 Å². The lowest BCUT2D eigenvalue weighted by atomic mass is 9.97. The fraction of sp³-hybridized carbons (Fsp3) is 0.588. The highest BCUT2D eigenvalue weighted by Gasteiger charge is 2.39. The Balaban J connectivity index is 1.69. The average Bonchev–Trinajstić information content (AvgIpc) is 3.25. The largest absolute Gasteiger partial charge is 0.396 e. The maximum Gasteiger partial charge on any atom is 0.227 e. The van der Waals surface area contributed by atoms with Gasteiger partial charge in [0.15, 0.2) is 0 Å². The van der Waals surface area contributed by atoms with Gasteiger partial charge in [-0.15, -0.1) is 0 Å². The van der Waals surface area contributed by atoms with Gasteiger partial charge in [0.2, 0.25) is 5.91 Å². The third kappa shape index (κ3) is 3.21. The molecule has 4 nitrogen and oxygen atoms in total. The number of aliphatic hydroxyl groups is 1. The minimum Gasteiger partial charge on any atom is -0.396 e. The van der Waals surface area contributed by atoms with Crippen molar-refractivity contribution in [2.75, 3.05) is 29.9 Å². The summed E-state index contributed by atoms with van der Waals surface area (Å²) < 4.78 is 0. The molecule has 21 heavy (non-hydrogen) atoms. The van der Waals surface area contributed by atoms with Crippen LogP contribution in [-0.4, -0.2) is 30.7 Å². The van der Waals surface area contributed by atoms with Gasteiger partial charge in [0.1, 0.15) is 0 Å². The number of hydrogen-bond donors (Lipinski definition) is 2. The number of para-hydroxylation sites is 2. The van der Waals surface area contributed by atoms with Gasteiger partial charge in [-0.1, -0.05) is 19.1 Å². The van der Waals surface area contributed by atoms with Crippen LogP contribution in [0, 0.1) is 17.8 Å². The van der Waals surface area contributed by atoms with Gasteiger partial charge in [-0.25, -0.2) is 0 Å². The molecule has 1 aromatic carbocycles. The number of amides is 1. The number of hydrogen-bond acceptors (Lipinski definition) is 3. The molecule has 1 aliphatic carbocycles. The van der Waals surface area contributed by atoms with Crippen molar-refractivity contribution >= 4 is 17.3 Å². The van der Waals surface area contributed by atoms with Crippen LogP contribution in [-0.2, 0) is 4.79 Å². The van der Waals surface area contributed by atoms with Crippen molar-refractivity contribution in [1.29, 1.82) is 0 Å². The second-order valence-electron chi connectivity index (χ2n) is 6.44. The van der Waals surface area contributed by atoms with Crippen molar-refractivity contribution < 1.29 is 9.90 Å². The third-order valence-corrected chi connectivity index (χ3v) is 4.82. The zero-order valence-electron chi connectivity index (χ0n) is 12.6. The highest BCUT2D eigenvalue weighted by Crippen LogP contribution is 2.39. The SMILES string of the molecule is CC1CC1C(=O)Nc1ccccc1N1CCC(CO)CC1. The lowest BCUT2D eigenvalue weighted by Crippen LogP contribution is -2.35. The zero-order valence-corrected chi connectivity index (χ0v) is 12.6. The van der Waals surface area contributed by atoms with E-state index < -0.39 is 0 Å². The van der Waals surface area contributed by atoms with E-state index in [2.05, 4.69) is 23.2 Å². The van der Waals surface area contributed by atoms with Gasteiger partial charge in [0.05, 0.1) is 11.4 Å². The minimum atomic E-state index is 0.153. The topological polar surface area (TPSA) is 52.6 Å². The Hall–Kier alpha value is -1.55. The molecule has 2 unspecified atom stereocenters. The normalized spacial score (nSPS) is 25.7. The van der Waals surface area contributed by atoms with Crippen LogP contribution in [0.1, 0.15) is 26.2 Å². The molecule has 1 aromatic rings. The van der Waals surface area contributed by atoms with Gasteiger partial charge in [0, 0.05) is 25.6 Å². The summed E-state index contributed by atoms with van der Waals surface area (Å²) in [4.78, 5) is 14.5. The Bertz CT molecular complexity index is 509. The summed E-state index contributed by atoms with van der Waals surface area (Å²) in [5.41, 5.74) is 2.03. The van der Waals surface area contributed by atoms with Crippen LogP contribution in [0.3, 0.4) is 0 Å². The van der Waals surface area contributed by atoms with Gasteiger partial charge < -0.3 is 15.3 Å². The summed E-state index contributed by atoms with van der Waals surface area (Å²) in [5.74, 6) is 1.30. The van der Waals surface area contributed by atoms with Gasteiger partial charge in [-0.3, -0.25) is 4.79 Å². The van der Waals surface area contributed by atoms with Crippen molar-refractivity contribution in [3.63, 3.8) is 0 Å². The Morgan fingerprint density at radius 1 is 1.33 bits per heavy atom. The van der Waals surface area contributed by atoms with E-state index in [1.807, 2.05) is 18.2 Å². The number of carbonyl (C=O) groups is 1. The molecular weight excluding hydrogens is 264 g/mol. The molecule has 114 valence electrons. The molecule has 0 radical (unpaired) electrons. The summed E-state index contributed by atoms with van der Waals surface area (Å²) in [6.07, 6.45) is 3.03. The van der Waals surface area contributed by atoms with Crippen LogP contribution in [0.2, 0.25) is 0 Å². The highest BCUT2D eigenvalue weighted by atomic mass is 16.3. The van der Waals surface area contributed by atoms with E-state index in [1.54, 1.807) is 0 Å². The number of aliphatic hydroxyl groups excluding tert-OH is 1. The number of nitrogens with one attached hydrogen (secondary N) is 1. The molecule has 1 heterocycles.